The summed E-state index contributed by atoms with van der Waals surface area (Å²) in [6, 6.07) is 12.1. The first kappa shape index (κ1) is 28.3. The third-order valence-corrected chi connectivity index (χ3v) is 6.54. The van der Waals surface area contributed by atoms with Gasteiger partial charge in [-0.2, -0.15) is 13.2 Å². The Balaban J connectivity index is 1.65. The number of hydrogen-bond acceptors (Lipinski definition) is 8. The van der Waals surface area contributed by atoms with Crippen LogP contribution in [0.3, 0.4) is 0 Å². The fourth-order valence-electron chi connectivity index (χ4n) is 4.43. The highest BCUT2D eigenvalue weighted by atomic mass is 35.5. The minimum atomic E-state index is -4.76. The van der Waals surface area contributed by atoms with Crippen LogP contribution in [0.4, 0.5) is 17.6 Å². The average Bonchev–Trinajstić information content (AvgIpc) is 3.53. The molecule has 3 heterocycles. The molecule has 0 fully saturated rings. The van der Waals surface area contributed by atoms with Gasteiger partial charge < -0.3 is 9.63 Å². The number of halogens is 5. The quantitative estimate of drug-likeness (QED) is 0.183. The zero-order valence-electron chi connectivity index (χ0n) is 21.6. The summed E-state index contributed by atoms with van der Waals surface area (Å²) in [5.41, 5.74) is 3.70. The van der Waals surface area contributed by atoms with E-state index in [0.717, 1.165) is 12.1 Å². The molecule has 41 heavy (non-hydrogen) atoms. The Morgan fingerprint density at radius 3 is 2.54 bits per heavy atom. The van der Waals surface area contributed by atoms with Crippen LogP contribution in [0.1, 0.15) is 46.7 Å². The van der Waals surface area contributed by atoms with E-state index in [1.807, 2.05) is 0 Å². The molecule has 0 saturated carbocycles. The topological polar surface area (TPSA) is 104 Å². The molecule has 3 N–H and O–H groups in total. The SMILES string of the molecule is CC(C)(O)c1onc(-c2ccccc2Cl)c1C(=O)C1=C(c2cccnc2)N(Cc2cc(F)cc(C(F)(F)F)c2)NN1. The van der Waals surface area contributed by atoms with Gasteiger partial charge >= 0.3 is 6.18 Å². The molecule has 0 radical (unpaired) electrons. The molecule has 0 amide bonds. The summed E-state index contributed by atoms with van der Waals surface area (Å²) in [6.07, 6.45) is -1.79. The van der Waals surface area contributed by atoms with Crippen LogP contribution in [-0.2, 0) is 18.3 Å². The van der Waals surface area contributed by atoms with E-state index in [0.29, 0.717) is 17.2 Å². The van der Waals surface area contributed by atoms with Crippen molar-refractivity contribution in [1.82, 2.24) is 26.1 Å². The molecule has 2 aromatic heterocycles. The van der Waals surface area contributed by atoms with E-state index >= 15 is 0 Å². The number of nitrogens with one attached hydrogen (secondary N) is 2. The van der Waals surface area contributed by atoms with Crippen molar-refractivity contribution >= 4 is 23.1 Å². The minimum absolute atomic E-state index is 0.0133. The molecule has 0 spiro atoms. The molecule has 0 aliphatic carbocycles. The molecule has 5 rings (SSSR count). The van der Waals surface area contributed by atoms with Gasteiger partial charge in [-0.3, -0.25) is 20.2 Å². The molecular weight excluding hydrogens is 566 g/mol. The molecule has 1 aliphatic heterocycles. The predicted molar refractivity (Wildman–Crippen MR) is 141 cm³/mol. The number of Topliss-reactive ketones (excluding diaryl/α,β-unsaturated/α-hetero) is 1. The van der Waals surface area contributed by atoms with Crippen LogP contribution in [0.15, 0.2) is 77.2 Å². The molecule has 2 aromatic carbocycles. The van der Waals surface area contributed by atoms with Crippen molar-refractivity contribution in [2.45, 2.75) is 32.2 Å². The summed E-state index contributed by atoms with van der Waals surface area (Å²) in [4.78, 5) is 18.3. The molecule has 1 aliphatic rings. The zero-order valence-corrected chi connectivity index (χ0v) is 22.3. The van der Waals surface area contributed by atoms with Crippen molar-refractivity contribution in [3.05, 3.63) is 112 Å². The van der Waals surface area contributed by atoms with E-state index in [4.69, 9.17) is 16.1 Å². The van der Waals surface area contributed by atoms with E-state index in [2.05, 4.69) is 21.1 Å². The van der Waals surface area contributed by atoms with Gasteiger partial charge in [-0.15, -0.1) is 5.53 Å². The first-order valence-corrected chi connectivity index (χ1v) is 12.5. The smallest absolute Gasteiger partial charge is 0.382 e. The molecule has 8 nitrogen and oxygen atoms in total. The third kappa shape index (κ3) is 5.67. The largest absolute Gasteiger partial charge is 0.416 e. The Bertz CT molecular complexity index is 1650. The van der Waals surface area contributed by atoms with Gasteiger partial charge in [0.25, 0.3) is 0 Å². The Morgan fingerprint density at radius 1 is 1.12 bits per heavy atom. The number of carbonyl (C=O) groups is 1. The van der Waals surface area contributed by atoms with Gasteiger partial charge in [-0.1, -0.05) is 35.0 Å². The van der Waals surface area contributed by atoms with Gasteiger partial charge in [0.2, 0.25) is 5.78 Å². The number of ketones is 1. The van der Waals surface area contributed by atoms with E-state index in [1.165, 1.54) is 31.3 Å². The first-order valence-electron chi connectivity index (χ1n) is 12.2. The fourth-order valence-corrected chi connectivity index (χ4v) is 4.65. The maximum absolute atomic E-state index is 14.2. The lowest BCUT2D eigenvalue weighted by atomic mass is 9.93. The Kier molecular flexibility index (Phi) is 7.32. The van der Waals surface area contributed by atoms with Crippen molar-refractivity contribution in [3.8, 4) is 11.3 Å². The number of pyridine rings is 1. The number of hydrazine groups is 2. The zero-order chi connectivity index (χ0) is 29.5. The second kappa shape index (κ2) is 10.6. The summed E-state index contributed by atoms with van der Waals surface area (Å²) >= 11 is 6.39. The second-order valence-electron chi connectivity index (χ2n) is 9.74. The maximum Gasteiger partial charge on any atom is 0.416 e. The van der Waals surface area contributed by atoms with E-state index in [1.54, 1.807) is 36.4 Å². The predicted octanol–water partition coefficient (Wildman–Crippen LogP) is 5.85. The van der Waals surface area contributed by atoms with Crippen LogP contribution in [-0.4, -0.2) is 26.0 Å². The molecule has 0 saturated heterocycles. The fraction of sp³-hybridized carbons (Fsp3) is 0.179. The van der Waals surface area contributed by atoms with Crippen molar-refractivity contribution in [2.75, 3.05) is 0 Å². The second-order valence-corrected chi connectivity index (χ2v) is 10.1. The van der Waals surface area contributed by atoms with Crippen molar-refractivity contribution in [3.63, 3.8) is 0 Å². The highest BCUT2D eigenvalue weighted by Gasteiger charge is 2.38. The van der Waals surface area contributed by atoms with Crippen molar-refractivity contribution < 1.29 is 32.0 Å². The summed E-state index contributed by atoms with van der Waals surface area (Å²) in [5, 5.41) is 16.5. The summed E-state index contributed by atoms with van der Waals surface area (Å²) < 4.78 is 59.7. The minimum Gasteiger partial charge on any atom is -0.382 e. The first-order chi connectivity index (χ1) is 19.3. The van der Waals surface area contributed by atoms with Gasteiger partial charge in [-0.25, -0.2) is 4.39 Å². The number of alkyl halides is 3. The van der Waals surface area contributed by atoms with Crippen LogP contribution in [0.2, 0.25) is 5.02 Å². The Morgan fingerprint density at radius 2 is 1.88 bits per heavy atom. The lowest BCUT2D eigenvalue weighted by Gasteiger charge is -2.22. The summed E-state index contributed by atoms with van der Waals surface area (Å²) in [6.45, 7) is 2.58. The number of hydrogen-bond donors (Lipinski definition) is 3. The molecule has 13 heteroatoms. The van der Waals surface area contributed by atoms with Gasteiger partial charge in [0.1, 0.15) is 22.8 Å². The van der Waals surface area contributed by atoms with E-state index in [9.17, 15) is 27.5 Å². The Hall–Kier alpha value is -4.26. The van der Waals surface area contributed by atoms with E-state index in [-0.39, 0.29) is 45.5 Å². The highest BCUT2D eigenvalue weighted by Crippen LogP contribution is 2.38. The van der Waals surface area contributed by atoms with Crippen LogP contribution in [0, 0.1) is 5.82 Å². The molecular formula is C28H22ClF4N5O3. The molecule has 0 unspecified atom stereocenters. The van der Waals surface area contributed by atoms with Crippen molar-refractivity contribution in [1.29, 1.82) is 0 Å². The van der Waals surface area contributed by atoms with E-state index < -0.39 is 28.9 Å². The number of nitrogens with zero attached hydrogens (tertiary/aromatic N) is 3. The number of rotatable bonds is 7. The van der Waals surface area contributed by atoms with Crippen LogP contribution >= 0.6 is 11.6 Å². The maximum atomic E-state index is 14.2. The molecule has 4 aromatic rings. The number of aliphatic hydroxyl groups is 1. The van der Waals surface area contributed by atoms with Gasteiger partial charge in [-0.05, 0) is 55.8 Å². The molecule has 212 valence electrons. The van der Waals surface area contributed by atoms with Crippen LogP contribution in [0.25, 0.3) is 17.0 Å². The number of aromatic nitrogens is 2. The molecule has 0 atom stereocenters. The lowest BCUT2D eigenvalue weighted by molar-refractivity contribution is -0.137. The third-order valence-electron chi connectivity index (χ3n) is 6.21. The lowest BCUT2D eigenvalue weighted by Crippen LogP contribution is -2.38. The Labute approximate surface area is 236 Å². The standard InChI is InChI=1S/C28H22ClF4N5O3/c1-27(2,40)26-21(22(36-41-26)19-7-3-4-8-20(19)29)25(39)23-24(16-6-5-9-34-13-16)38(37-35-23)14-15-10-17(28(31,32)33)12-18(30)11-15/h3-13,35,37,40H,14H2,1-2H3. The van der Waals surface area contributed by atoms with Gasteiger partial charge in [0.15, 0.2) is 5.76 Å². The van der Waals surface area contributed by atoms with Crippen molar-refractivity contribution in [2.24, 2.45) is 0 Å². The average molecular weight is 588 g/mol. The van der Waals surface area contributed by atoms with Gasteiger partial charge in [0.05, 0.1) is 28.4 Å². The van der Waals surface area contributed by atoms with Gasteiger partial charge in [0, 0.05) is 23.5 Å². The molecule has 0 bridgehead atoms. The number of benzene rings is 2. The number of allylic oxidation sites excluding steroid dienone is 1. The summed E-state index contributed by atoms with van der Waals surface area (Å²) in [7, 11) is 0. The highest BCUT2D eigenvalue weighted by molar-refractivity contribution is 6.33. The van der Waals surface area contributed by atoms with Crippen LogP contribution < -0.4 is 11.0 Å². The monoisotopic (exact) mass is 587 g/mol. The normalized spacial score (nSPS) is 14.0. The number of carbonyl (C=O) groups excluding carboxylic acids is 1. The van der Waals surface area contributed by atoms with Crippen LogP contribution in [0.5, 0.6) is 0 Å². The summed E-state index contributed by atoms with van der Waals surface area (Å²) in [5.74, 6) is -1.85.